The van der Waals surface area contributed by atoms with Crippen LogP contribution in [0.15, 0.2) is 52.8 Å². The molecule has 0 amide bonds. The van der Waals surface area contributed by atoms with Gasteiger partial charge < -0.3 is 9.67 Å². The van der Waals surface area contributed by atoms with Crippen molar-refractivity contribution < 1.29 is 9.90 Å². The molecule has 0 radical (unpaired) electrons. The summed E-state index contributed by atoms with van der Waals surface area (Å²) >= 11 is 1.32. The van der Waals surface area contributed by atoms with Gasteiger partial charge in [-0.3, -0.25) is 0 Å². The van der Waals surface area contributed by atoms with Crippen LogP contribution in [0.5, 0.6) is 0 Å². The smallest absolute Gasteiger partial charge is 0.336 e. The van der Waals surface area contributed by atoms with Crippen LogP contribution in [-0.2, 0) is 7.05 Å². The van der Waals surface area contributed by atoms with Crippen LogP contribution in [0.3, 0.4) is 0 Å². The van der Waals surface area contributed by atoms with Gasteiger partial charge in [-0.1, -0.05) is 23.9 Å². The Morgan fingerprint density at radius 1 is 1.25 bits per heavy atom. The molecule has 0 aliphatic carbocycles. The van der Waals surface area contributed by atoms with Crippen LogP contribution in [0.2, 0.25) is 0 Å². The lowest BCUT2D eigenvalue weighted by Gasteiger charge is -2.05. The molecule has 3 rings (SSSR count). The molecule has 1 N–H and O–H groups in total. The quantitative estimate of drug-likeness (QED) is 0.801. The molecule has 6 heteroatoms. The Morgan fingerprint density at radius 2 is 2.05 bits per heavy atom. The van der Waals surface area contributed by atoms with E-state index in [0.717, 1.165) is 11.0 Å². The standard InChI is InChI=1S/C14H11N3O2S/c1-17-8-16-12-10(17)6-7-15-13(12)20-11-5-3-2-4-9(11)14(18)19/h2-8H,1H3,(H,18,19). The normalized spacial score (nSPS) is 10.8. The summed E-state index contributed by atoms with van der Waals surface area (Å²) in [7, 11) is 1.91. The molecule has 0 aliphatic rings. The summed E-state index contributed by atoms with van der Waals surface area (Å²) in [5, 5.41) is 9.91. The fourth-order valence-electron chi connectivity index (χ4n) is 1.95. The highest BCUT2D eigenvalue weighted by Gasteiger charge is 2.14. The van der Waals surface area contributed by atoms with Crippen LogP contribution in [0, 0.1) is 0 Å². The maximum atomic E-state index is 11.2. The molecule has 2 heterocycles. The predicted octanol–water partition coefficient (Wildman–Crippen LogP) is 2.82. The Morgan fingerprint density at radius 3 is 2.85 bits per heavy atom. The summed E-state index contributed by atoms with van der Waals surface area (Å²) in [5.41, 5.74) is 2.02. The molecule has 0 fully saturated rings. The summed E-state index contributed by atoms with van der Waals surface area (Å²) in [4.78, 5) is 20.5. The predicted molar refractivity (Wildman–Crippen MR) is 76.0 cm³/mol. The summed E-state index contributed by atoms with van der Waals surface area (Å²) < 4.78 is 1.91. The minimum absolute atomic E-state index is 0.271. The van der Waals surface area contributed by atoms with E-state index in [4.69, 9.17) is 0 Å². The highest BCUT2D eigenvalue weighted by Crippen LogP contribution is 2.32. The zero-order valence-electron chi connectivity index (χ0n) is 10.6. The van der Waals surface area contributed by atoms with Gasteiger partial charge in [-0.25, -0.2) is 14.8 Å². The molecular weight excluding hydrogens is 274 g/mol. The molecule has 0 atom stereocenters. The Kier molecular flexibility index (Phi) is 3.15. The molecule has 0 spiro atoms. The van der Waals surface area contributed by atoms with Gasteiger partial charge in [0.25, 0.3) is 0 Å². The van der Waals surface area contributed by atoms with Gasteiger partial charge in [0.2, 0.25) is 0 Å². The number of aromatic nitrogens is 3. The van der Waals surface area contributed by atoms with E-state index >= 15 is 0 Å². The minimum Gasteiger partial charge on any atom is -0.478 e. The number of carboxylic acids is 1. The van der Waals surface area contributed by atoms with Gasteiger partial charge in [0.15, 0.2) is 0 Å². The number of aromatic carboxylic acids is 1. The van der Waals surface area contributed by atoms with E-state index in [9.17, 15) is 9.90 Å². The molecule has 0 bridgehead atoms. The first-order valence-corrected chi connectivity index (χ1v) is 6.74. The third kappa shape index (κ3) is 2.14. The van der Waals surface area contributed by atoms with Gasteiger partial charge in [-0.05, 0) is 18.2 Å². The number of hydrogen-bond acceptors (Lipinski definition) is 4. The number of carbonyl (C=O) groups is 1. The molecule has 2 aromatic heterocycles. The topological polar surface area (TPSA) is 68.0 Å². The fraction of sp³-hybridized carbons (Fsp3) is 0.0714. The lowest BCUT2D eigenvalue weighted by molar-refractivity contribution is 0.0693. The molecule has 100 valence electrons. The fourth-order valence-corrected chi connectivity index (χ4v) is 2.94. The third-order valence-corrected chi connectivity index (χ3v) is 4.00. The van der Waals surface area contributed by atoms with Crippen molar-refractivity contribution in [3.8, 4) is 0 Å². The Labute approximate surface area is 119 Å². The molecule has 0 unspecified atom stereocenters. The van der Waals surface area contributed by atoms with E-state index in [1.54, 1.807) is 30.7 Å². The van der Waals surface area contributed by atoms with Gasteiger partial charge >= 0.3 is 5.97 Å². The SMILES string of the molecule is Cn1cnc2c(Sc3ccccc3C(=O)O)nccc21. The second-order valence-corrected chi connectivity index (χ2v) is 5.27. The van der Waals surface area contributed by atoms with Gasteiger partial charge in [0.05, 0.1) is 17.4 Å². The van der Waals surface area contributed by atoms with Crippen molar-refractivity contribution in [2.45, 2.75) is 9.92 Å². The van der Waals surface area contributed by atoms with Crippen molar-refractivity contribution in [2.24, 2.45) is 7.05 Å². The summed E-state index contributed by atoms with van der Waals surface area (Å²) in [6, 6.07) is 8.77. The first kappa shape index (κ1) is 12.7. The molecule has 0 saturated heterocycles. The molecule has 3 aromatic rings. The van der Waals surface area contributed by atoms with E-state index in [2.05, 4.69) is 9.97 Å². The maximum absolute atomic E-state index is 11.2. The minimum atomic E-state index is -0.943. The largest absolute Gasteiger partial charge is 0.478 e. The van der Waals surface area contributed by atoms with Gasteiger partial charge in [-0.15, -0.1) is 0 Å². The first-order chi connectivity index (χ1) is 9.66. The number of benzene rings is 1. The van der Waals surface area contributed by atoms with Crippen molar-refractivity contribution >= 4 is 28.8 Å². The third-order valence-electron chi connectivity index (χ3n) is 2.93. The first-order valence-electron chi connectivity index (χ1n) is 5.93. The number of aryl methyl sites for hydroxylation is 1. The lowest BCUT2D eigenvalue weighted by atomic mass is 10.2. The van der Waals surface area contributed by atoms with E-state index in [1.807, 2.05) is 23.7 Å². The molecule has 5 nitrogen and oxygen atoms in total. The van der Waals surface area contributed by atoms with Crippen molar-refractivity contribution in [3.63, 3.8) is 0 Å². The van der Waals surface area contributed by atoms with Crippen molar-refractivity contribution in [1.82, 2.24) is 14.5 Å². The average molecular weight is 285 g/mol. The molecule has 0 aliphatic heterocycles. The zero-order chi connectivity index (χ0) is 14.1. The van der Waals surface area contributed by atoms with Gasteiger partial charge in [-0.2, -0.15) is 0 Å². The number of hydrogen-bond donors (Lipinski definition) is 1. The van der Waals surface area contributed by atoms with Crippen LogP contribution in [-0.4, -0.2) is 25.6 Å². The highest BCUT2D eigenvalue weighted by atomic mass is 32.2. The second-order valence-electron chi connectivity index (χ2n) is 4.24. The average Bonchev–Trinajstić information content (AvgIpc) is 2.82. The number of fused-ring (bicyclic) bond motifs is 1. The van der Waals surface area contributed by atoms with E-state index in [-0.39, 0.29) is 5.56 Å². The molecule has 0 saturated carbocycles. The van der Waals surface area contributed by atoms with Crippen molar-refractivity contribution in [3.05, 3.63) is 48.4 Å². The van der Waals surface area contributed by atoms with E-state index < -0.39 is 5.97 Å². The maximum Gasteiger partial charge on any atom is 0.336 e. The van der Waals surface area contributed by atoms with Crippen molar-refractivity contribution in [2.75, 3.05) is 0 Å². The van der Waals surface area contributed by atoms with Crippen LogP contribution >= 0.6 is 11.8 Å². The number of carboxylic acid groups (broad SMARTS) is 1. The number of nitrogens with zero attached hydrogens (tertiary/aromatic N) is 3. The Balaban J connectivity index is 2.08. The number of rotatable bonds is 3. The Hall–Kier alpha value is -2.34. The monoisotopic (exact) mass is 285 g/mol. The molecule has 1 aromatic carbocycles. The molecule has 20 heavy (non-hydrogen) atoms. The van der Waals surface area contributed by atoms with Gasteiger partial charge in [0, 0.05) is 18.1 Å². The number of pyridine rings is 1. The van der Waals surface area contributed by atoms with Crippen LogP contribution in [0.4, 0.5) is 0 Å². The van der Waals surface area contributed by atoms with Crippen LogP contribution in [0.1, 0.15) is 10.4 Å². The Bertz CT molecular complexity index is 798. The highest BCUT2D eigenvalue weighted by molar-refractivity contribution is 7.99. The second kappa shape index (κ2) is 4.97. The van der Waals surface area contributed by atoms with Gasteiger partial charge in [0.1, 0.15) is 10.5 Å². The van der Waals surface area contributed by atoms with Crippen LogP contribution in [0.25, 0.3) is 11.0 Å². The van der Waals surface area contributed by atoms with Crippen molar-refractivity contribution in [1.29, 1.82) is 0 Å². The van der Waals surface area contributed by atoms with Crippen LogP contribution < -0.4 is 0 Å². The van der Waals surface area contributed by atoms with E-state index in [1.165, 1.54) is 11.8 Å². The zero-order valence-corrected chi connectivity index (χ0v) is 11.5. The summed E-state index contributed by atoms with van der Waals surface area (Å²) in [6.07, 6.45) is 3.43. The molecular formula is C14H11N3O2S. The number of imidazole rings is 1. The summed E-state index contributed by atoms with van der Waals surface area (Å²) in [5.74, 6) is -0.943. The van der Waals surface area contributed by atoms with E-state index in [0.29, 0.717) is 9.92 Å². The summed E-state index contributed by atoms with van der Waals surface area (Å²) in [6.45, 7) is 0. The lowest BCUT2D eigenvalue weighted by Crippen LogP contribution is -1.98.